The third-order valence-corrected chi connectivity index (χ3v) is 5.53. The van der Waals surface area contributed by atoms with Gasteiger partial charge in [-0.2, -0.15) is 0 Å². The van der Waals surface area contributed by atoms with Gasteiger partial charge in [0.05, 0.1) is 6.61 Å². The van der Waals surface area contributed by atoms with E-state index in [0.717, 1.165) is 12.8 Å². The van der Waals surface area contributed by atoms with Crippen LogP contribution in [0.15, 0.2) is 0 Å². The minimum Gasteiger partial charge on any atom is -0.463 e. The van der Waals surface area contributed by atoms with Gasteiger partial charge in [0.1, 0.15) is 12.7 Å². The van der Waals surface area contributed by atoms with Crippen LogP contribution < -0.4 is 0 Å². The molecule has 168 valence electrons. The van der Waals surface area contributed by atoms with Gasteiger partial charge in [-0.15, -0.1) is 0 Å². The van der Waals surface area contributed by atoms with Gasteiger partial charge in [-0.1, -0.05) is 104 Å². The number of unbranched alkanes of at least 4 members (excludes halogenated alkanes) is 12. The average molecular weight is 401 g/mol. The predicted molar refractivity (Wildman–Crippen MR) is 117 cm³/mol. The quantitative estimate of drug-likeness (QED) is 0.179. The van der Waals surface area contributed by atoms with Gasteiger partial charge in [-0.25, -0.2) is 0 Å². The van der Waals surface area contributed by atoms with Crippen LogP contribution in [-0.4, -0.2) is 35.5 Å². The van der Waals surface area contributed by atoms with Crippen molar-refractivity contribution in [1.29, 1.82) is 0 Å². The number of aliphatic hydroxyl groups excluding tert-OH is 2. The molecule has 0 bridgehead atoms. The molecule has 0 aromatic carbocycles. The molecule has 0 rings (SSSR count). The van der Waals surface area contributed by atoms with Crippen molar-refractivity contribution in [2.75, 3.05) is 13.2 Å². The Balaban J connectivity index is 4.04. The number of aliphatic hydroxyl groups is 2. The number of hydrogen-bond acceptors (Lipinski definition) is 4. The molecule has 0 amide bonds. The SMILES string of the molecule is CCCCCCCCCCC(CCCCCCCC)CC(=O)OCC(O)CO. The lowest BCUT2D eigenvalue weighted by atomic mass is 9.91. The van der Waals surface area contributed by atoms with E-state index in [-0.39, 0.29) is 19.2 Å². The Bertz CT molecular complexity index is 333. The Kier molecular flexibility index (Phi) is 20.6. The Morgan fingerprint density at radius 1 is 0.750 bits per heavy atom. The first kappa shape index (κ1) is 27.4. The van der Waals surface area contributed by atoms with Crippen molar-refractivity contribution in [1.82, 2.24) is 0 Å². The van der Waals surface area contributed by atoms with Gasteiger partial charge in [0.15, 0.2) is 0 Å². The lowest BCUT2D eigenvalue weighted by molar-refractivity contribution is -0.148. The van der Waals surface area contributed by atoms with Crippen LogP contribution in [0.3, 0.4) is 0 Å². The largest absolute Gasteiger partial charge is 0.463 e. The highest BCUT2D eigenvalue weighted by Gasteiger charge is 2.16. The van der Waals surface area contributed by atoms with Gasteiger partial charge in [0.2, 0.25) is 0 Å². The third kappa shape index (κ3) is 18.7. The van der Waals surface area contributed by atoms with Crippen molar-refractivity contribution in [3.8, 4) is 0 Å². The summed E-state index contributed by atoms with van der Waals surface area (Å²) in [4.78, 5) is 12.1. The van der Waals surface area contributed by atoms with Crippen molar-refractivity contribution in [3.05, 3.63) is 0 Å². The summed E-state index contributed by atoms with van der Waals surface area (Å²) in [6, 6.07) is 0. The van der Waals surface area contributed by atoms with E-state index in [4.69, 9.17) is 9.84 Å². The first-order valence-corrected chi connectivity index (χ1v) is 12.1. The molecule has 0 spiro atoms. The van der Waals surface area contributed by atoms with E-state index in [2.05, 4.69) is 13.8 Å². The van der Waals surface area contributed by atoms with E-state index in [9.17, 15) is 9.90 Å². The molecule has 2 unspecified atom stereocenters. The molecule has 28 heavy (non-hydrogen) atoms. The summed E-state index contributed by atoms with van der Waals surface area (Å²) >= 11 is 0. The van der Waals surface area contributed by atoms with Gasteiger partial charge in [0.25, 0.3) is 0 Å². The first-order valence-electron chi connectivity index (χ1n) is 12.1. The van der Waals surface area contributed by atoms with Crippen LogP contribution in [0.5, 0.6) is 0 Å². The summed E-state index contributed by atoms with van der Waals surface area (Å²) in [6.45, 7) is 4.02. The highest BCUT2D eigenvalue weighted by atomic mass is 16.5. The molecular formula is C24H48O4. The topological polar surface area (TPSA) is 66.8 Å². The van der Waals surface area contributed by atoms with E-state index in [1.165, 1.54) is 89.9 Å². The zero-order chi connectivity index (χ0) is 20.9. The number of rotatable bonds is 21. The molecule has 4 heteroatoms. The Morgan fingerprint density at radius 2 is 1.18 bits per heavy atom. The Morgan fingerprint density at radius 3 is 1.61 bits per heavy atom. The summed E-state index contributed by atoms with van der Waals surface area (Å²) in [5.41, 5.74) is 0. The Labute approximate surface area is 174 Å². The summed E-state index contributed by atoms with van der Waals surface area (Å²) in [6.07, 6.45) is 19.8. The standard InChI is InChI=1S/C24H48O4/c1-3-5-7-9-11-12-14-16-18-22(17-15-13-10-8-6-4-2)19-24(27)28-21-23(26)20-25/h22-23,25-26H,3-21H2,1-2H3. The second kappa shape index (κ2) is 21.1. The van der Waals surface area contributed by atoms with Gasteiger partial charge in [-0.3, -0.25) is 4.79 Å². The first-order chi connectivity index (χ1) is 13.6. The van der Waals surface area contributed by atoms with Crippen LogP contribution in [0, 0.1) is 5.92 Å². The molecule has 0 saturated carbocycles. The molecule has 0 heterocycles. The third-order valence-electron chi connectivity index (χ3n) is 5.53. The number of carbonyl (C=O) groups is 1. The molecule has 0 fully saturated rings. The highest BCUT2D eigenvalue weighted by molar-refractivity contribution is 5.69. The molecule has 0 aromatic heterocycles. The summed E-state index contributed by atoms with van der Waals surface area (Å²) in [5, 5.41) is 18.2. The predicted octanol–water partition coefficient (Wildman–Crippen LogP) is 6.17. The van der Waals surface area contributed by atoms with Crippen molar-refractivity contribution in [3.63, 3.8) is 0 Å². The van der Waals surface area contributed by atoms with Crippen LogP contribution in [0.2, 0.25) is 0 Å². The van der Waals surface area contributed by atoms with Crippen molar-refractivity contribution in [2.45, 2.75) is 129 Å². The van der Waals surface area contributed by atoms with E-state index < -0.39 is 6.10 Å². The monoisotopic (exact) mass is 400 g/mol. The zero-order valence-corrected chi connectivity index (χ0v) is 18.8. The number of hydrogen-bond donors (Lipinski definition) is 2. The molecule has 0 radical (unpaired) electrons. The minimum atomic E-state index is -0.964. The fourth-order valence-electron chi connectivity index (χ4n) is 3.67. The summed E-state index contributed by atoms with van der Waals surface area (Å²) < 4.78 is 5.12. The van der Waals surface area contributed by atoms with E-state index >= 15 is 0 Å². The minimum absolute atomic E-state index is 0.100. The number of esters is 1. The average Bonchev–Trinajstić information content (AvgIpc) is 2.70. The molecule has 4 nitrogen and oxygen atoms in total. The maximum absolute atomic E-state index is 12.1. The van der Waals surface area contributed by atoms with Crippen LogP contribution in [0.1, 0.15) is 123 Å². The van der Waals surface area contributed by atoms with E-state index in [1.807, 2.05) is 0 Å². The molecular weight excluding hydrogens is 352 g/mol. The number of ether oxygens (including phenoxy) is 1. The molecule has 0 aliphatic heterocycles. The molecule has 0 aliphatic carbocycles. The molecule has 2 atom stereocenters. The Hall–Kier alpha value is -0.610. The fourth-order valence-corrected chi connectivity index (χ4v) is 3.67. The molecule has 2 N–H and O–H groups in total. The normalized spacial score (nSPS) is 13.4. The van der Waals surface area contributed by atoms with Gasteiger partial charge >= 0.3 is 5.97 Å². The molecule has 0 aromatic rings. The van der Waals surface area contributed by atoms with E-state index in [1.54, 1.807) is 0 Å². The zero-order valence-electron chi connectivity index (χ0n) is 18.8. The highest BCUT2D eigenvalue weighted by Crippen LogP contribution is 2.23. The van der Waals surface area contributed by atoms with Crippen LogP contribution in [0.25, 0.3) is 0 Å². The lowest BCUT2D eigenvalue weighted by Gasteiger charge is -2.17. The van der Waals surface area contributed by atoms with Crippen LogP contribution in [-0.2, 0) is 9.53 Å². The molecule has 0 aliphatic rings. The second-order valence-corrected chi connectivity index (χ2v) is 8.41. The van der Waals surface area contributed by atoms with Crippen molar-refractivity contribution >= 4 is 5.97 Å². The van der Waals surface area contributed by atoms with Gasteiger partial charge < -0.3 is 14.9 Å². The maximum Gasteiger partial charge on any atom is 0.306 e. The van der Waals surface area contributed by atoms with Crippen LogP contribution >= 0.6 is 0 Å². The lowest BCUT2D eigenvalue weighted by Crippen LogP contribution is -2.23. The fraction of sp³-hybridized carbons (Fsp3) is 0.958. The van der Waals surface area contributed by atoms with Crippen molar-refractivity contribution in [2.24, 2.45) is 5.92 Å². The molecule has 0 saturated heterocycles. The number of carbonyl (C=O) groups excluding carboxylic acids is 1. The van der Waals surface area contributed by atoms with E-state index in [0.29, 0.717) is 12.3 Å². The smallest absolute Gasteiger partial charge is 0.306 e. The van der Waals surface area contributed by atoms with Gasteiger partial charge in [0, 0.05) is 6.42 Å². The van der Waals surface area contributed by atoms with Crippen molar-refractivity contribution < 1.29 is 19.7 Å². The van der Waals surface area contributed by atoms with Crippen LogP contribution in [0.4, 0.5) is 0 Å². The second-order valence-electron chi connectivity index (χ2n) is 8.41. The maximum atomic E-state index is 12.1. The summed E-state index contributed by atoms with van der Waals surface area (Å²) in [7, 11) is 0. The summed E-state index contributed by atoms with van der Waals surface area (Å²) in [5.74, 6) is 0.160. The van der Waals surface area contributed by atoms with Gasteiger partial charge in [-0.05, 0) is 18.8 Å².